The molecule has 0 amide bonds. The van der Waals surface area contributed by atoms with Gasteiger partial charge in [-0.2, -0.15) is 5.10 Å². The van der Waals surface area contributed by atoms with Gasteiger partial charge in [-0.15, -0.1) is 0 Å². The van der Waals surface area contributed by atoms with E-state index in [2.05, 4.69) is 26.3 Å². The van der Waals surface area contributed by atoms with Crippen molar-refractivity contribution in [1.29, 1.82) is 0 Å². The number of aryl methyl sites for hydroxylation is 1. The fourth-order valence-corrected chi connectivity index (χ4v) is 2.22. The van der Waals surface area contributed by atoms with Gasteiger partial charge in [0.15, 0.2) is 0 Å². The fraction of sp³-hybridized carbons (Fsp3) is 0.250. The second-order valence-corrected chi connectivity index (χ2v) is 4.67. The van der Waals surface area contributed by atoms with E-state index in [0.29, 0.717) is 10.0 Å². The Morgan fingerprint density at radius 3 is 2.82 bits per heavy atom. The zero-order valence-corrected chi connectivity index (χ0v) is 11.2. The number of rotatable bonds is 3. The smallest absolute Gasteiger partial charge is 0.142 e. The predicted molar refractivity (Wildman–Crippen MR) is 68.2 cm³/mol. The van der Waals surface area contributed by atoms with E-state index < -0.39 is 0 Å². The normalized spacial score (nSPS) is 12.7. The van der Waals surface area contributed by atoms with Crippen LogP contribution in [0.5, 0.6) is 0 Å². The Balaban J connectivity index is 2.45. The number of nitrogens with one attached hydrogen (secondary N) is 1. The standard InChI is InChI=1S/C12H13BrFN3/c1-15-12(8-6-16-17(2)7-8)9-4-3-5-10(13)11(9)14/h3-7,12,15H,1-2H3. The summed E-state index contributed by atoms with van der Waals surface area (Å²) in [6.07, 6.45) is 3.61. The quantitative estimate of drug-likeness (QED) is 0.944. The summed E-state index contributed by atoms with van der Waals surface area (Å²) < 4.78 is 16.2. The van der Waals surface area contributed by atoms with Gasteiger partial charge in [-0.1, -0.05) is 12.1 Å². The highest BCUT2D eigenvalue weighted by Gasteiger charge is 2.18. The van der Waals surface area contributed by atoms with Crippen LogP contribution in [-0.4, -0.2) is 16.8 Å². The number of benzene rings is 1. The zero-order chi connectivity index (χ0) is 12.4. The Hall–Kier alpha value is -1.20. The van der Waals surface area contributed by atoms with E-state index in [1.807, 2.05) is 19.3 Å². The number of halogens is 2. The molecule has 1 atom stereocenters. The van der Waals surface area contributed by atoms with Crippen LogP contribution in [0, 0.1) is 5.82 Å². The minimum Gasteiger partial charge on any atom is -0.309 e. The Kier molecular flexibility index (Phi) is 3.59. The van der Waals surface area contributed by atoms with Gasteiger partial charge in [-0.25, -0.2) is 4.39 Å². The van der Waals surface area contributed by atoms with Crippen LogP contribution < -0.4 is 5.32 Å². The van der Waals surface area contributed by atoms with Crippen LogP contribution in [0.15, 0.2) is 35.1 Å². The summed E-state index contributed by atoms with van der Waals surface area (Å²) in [5, 5.41) is 7.21. The van der Waals surface area contributed by atoms with Crippen molar-refractivity contribution >= 4 is 15.9 Å². The van der Waals surface area contributed by atoms with Crippen LogP contribution in [0.3, 0.4) is 0 Å². The lowest BCUT2D eigenvalue weighted by molar-refractivity contribution is 0.571. The molecule has 0 spiro atoms. The highest BCUT2D eigenvalue weighted by Crippen LogP contribution is 2.27. The molecule has 2 aromatic rings. The van der Waals surface area contributed by atoms with E-state index in [-0.39, 0.29) is 11.9 Å². The molecule has 1 aromatic heterocycles. The molecule has 0 aliphatic rings. The summed E-state index contributed by atoms with van der Waals surface area (Å²) in [4.78, 5) is 0. The molecule has 0 saturated heterocycles. The van der Waals surface area contributed by atoms with E-state index in [0.717, 1.165) is 5.56 Å². The van der Waals surface area contributed by atoms with Gasteiger partial charge in [0.2, 0.25) is 0 Å². The highest BCUT2D eigenvalue weighted by atomic mass is 79.9. The molecule has 3 nitrogen and oxygen atoms in total. The van der Waals surface area contributed by atoms with Crippen LogP contribution in [-0.2, 0) is 7.05 Å². The summed E-state index contributed by atoms with van der Waals surface area (Å²) in [6, 6.07) is 5.09. The molecule has 90 valence electrons. The molecular formula is C12H13BrFN3. The number of hydrogen-bond acceptors (Lipinski definition) is 2. The lowest BCUT2D eigenvalue weighted by atomic mass is 10.0. The number of aromatic nitrogens is 2. The molecule has 1 unspecified atom stereocenters. The first kappa shape index (κ1) is 12.3. The van der Waals surface area contributed by atoms with Crippen molar-refractivity contribution in [3.05, 3.63) is 52.0 Å². The van der Waals surface area contributed by atoms with Crippen molar-refractivity contribution in [3.63, 3.8) is 0 Å². The van der Waals surface area contributed by atoms with Gasteiger partial charge in [-0.3, -0.25) is 4.68 Å². The molecule has 1 aromatic carbocycles. The molecule has 5 heteroatoms. The molecule has 0 bridgehead atoms. The average molecular weight is 298 g/mol. The maximum absolute atomic E-state index is 14.0. The van der Waals surface area contributed by atoms with Crippen molar-refractivity contribution in [3.8, 4) is 0 Å². The maximum Gasteiger partial charge on any atom is 0.142 e. The van der Waals surface area contributed by atoms with Gasteiger partial charge < -0.3 is 5.32 Å². The van der Waals surface area contributed by atoms with Crippen molar-refractivity contribution in [2.45, 2.75) is 6.04 Å². The molecule has 0 aliphatic heterocycles. The first-order valence-corrected chi connectivity index (χ1v) is 6.02. The molecule has 0 aliphatic carbocycles. The van der Waals surface area contributed by atoms with Gasteiger partial charge in [0, 0.05) is 24.4 Å². The fourth-order valence-electron chi connectivity index (χ4n) is 1.83. The Morgan fingerprint density at radius 2 is 2.24 bits per heavy atom. The van der Waals surface area contributed by atoms with Gasteiger partial charge in [0.1, 0.15) is 5.82 Å². The number of hydrogen-bond donors (Lipinski definition) is 1. The van der Waals surface area contributed by atoms with Crippen molar-refractivity contribution in [2.75, 3.05) is 7.05 Å². The van der Waals surface area contributed by atoms with Crippen molar-refractivity contribution < 1.29 is 4.39 Å². The first-order valence-electron chi connectivity index (χ1n) is 5.23. The summed E-state index contributed by atoms with van der Waals surface area (Å²) in [6.45, 7) is 0. The minimum absolute atomic E-state index is 0.193. The van der Waals surface area contributed by atoms with E-state index >= 15 is 0 Å². The van der Waals surface area contributed by atoms with Crippen LogP contribution >= 0.6 is 15.9 Å². The third-order valence-electron chi connectivity index (χ3n) is 2.64. The molecular weight excluding hydrogens is 285 g/mol. The lowest BCUT2D eigenvalue weighted by Crippen LogP contribution is -2.18. The third kappa shape index (κ3) is 2.40. The van der Waals surface area contributed by atoms with Crippen LogP contribution in [0.2, 0.25) is 0 Å². The largest absolute Gasteiger partial charge is 0.309 e. The molecule has 2 rings (SSSR count). The Morgan fingerprint density at radius 1 is 1.47 bits per heavy atom. The van der Waals surface area contributed by atoms with Crippen molar-refractivity contribution in [2.24, 2.45) is 7.05 Å². The second kappa shape index (κ2) is 4.98. The van der Waals surface area contributed by atoms with Crippen LogP contribution in [0.1, 0.15) is 17.2 Å². The highest BCUT2D eigenvalue weighted by molar-refractivity contribution is 9.10. The van der Waals surface area contributed by atoms with E-state index in [1.165, 1.54) is 0 Å². The third-order valence-corrected chi connectivity index (χ3v) is 3.25. The van der Waals surface area contributed by atoms with Crippen LogP contribution in [0.25, 0.3) is 0 Å². The second-order valence-electron chi connectivity index (χ2n) is 3.81. The van der Waals surface area contributed by atoms with Gasteiger partial charge in [-0.05, 0) is 29.0 Å². The molecule has 17 heavy (non-hydrogen) atoms. The lowest BCUT2D eigenvalue weighted by Gasteiger charge is -2.16. The van der Waals surface area contributed by atoms with Gasteiger partial charge in [0.05, 0.1) is 16.7 Å². The molecule has 0 fully saturated rings. The predicted octanol–water partition coefficient (Wildman–Crippen LogP) is 2.63. The van der Waals surface area contributed by atoms with Gasteiger partial charge in [0.25, 0.3) is 0 Å². The van der Waals surface area contributed by atoms with Gasteiger partial charge >= 0.3 is 0 Å². The SMILES string of the molecule is CNC(c1cnn(C)c1)c1cccc(Br)c1F. The van der Waals surface area contributed by atoms with Crippen molar-refractivity contribution in [1.82, 2.24) is 15.1 Å². The topological polar surface area (TPSA) is 29.9 Å². The summed E-state index contributed by atoms with van der Waals surface area (Å²) in [5.74, 6) is -0.240. The monoisotopic (exact) mass is 297 g/mol. The average Bonchev–Trinajstić information content (AvgIpc) is 2.72. The molecule has 0 saturated carbocycles. The van der Waals surface area contributed by atoms with E-state index in [9.17, 15) is 4.39 Å². The molecule has 1 N–H and O–H groups in total. The molecule has 1 heterocycles. The number of nitrogens with zero attached hydrogens (tertiary/aromatic N) is 2. The minimum atomic E-state index is -0.240. The Labute approximate surface area is 108 Å². The zero-order valence-electron chi connectivity index (χ0n) is 9.61. The maximum atomic E-state index is 14.0. The summed E-state index contributed by atoms with van der Waals surface area (Å²) in [7, 11) is 3.64. The molecule has 0 radical (unpaired) electrons. The summed E-state index contributed by atoms with van der Waals surface area (Å²) in [5.41, 5.74) is 1.54. The van der Waals surface area contributed by atoms with Crippen LogP contribution in [0.4, 0.5) is 4.39 Å². The Bertz CT molecular complexity index is 524. The van der Waals surface area contributed by atoms with E-state index in [1.54, 1.807) is 30.1 Å². The van der Waals surface area contributed by atoms with E-state index in [4.69, 9.17) is 0 Å². The summed E-state index contributed by atoms with van der Waals surface area (Å²) >= 11 is 3.20. The first-order chi connectivity index (χ1) is 8.13.